The molecule has 0 amide bonds. The van der Waals surface area contributed by atoms with Crippen LogP contribution in [0, 0.1) is 5.21 Å². The lowest BCUT2D eigenvalue weighted by molar-refractivity contribution is -0.617. The molecule has 1 aromatic rings. The second-order valence-electron chi connectivity index (χ2n) is 1.47. The van der Waals surface area contributed by atoms with Gasteiger partial charge in [-0.05, 0) is 22.0 Å². The number of aromatic nitrogens is 1. The fraction of sp³-hybridized carbons (Fsp3) is 0. The van der Waals surface area contributed by atoms with Crippen LogP contribution in [-0.2, 0) is 0 Å². The van der Waals surface area contributed by atoms with Crippen LogP contribution in [0.25, 0.3) is 0 Å². The van der Waals surface area contributed by atoms with E-state index in [1.165, 1.54) is 6.20 Å². The monoisotopic (exact) mass is 251 g/mol. The molecule has 0 saturated carbocycles. The predicted octanol–water partition coefficient (Wildman–Crippen LogP) is 1.85. The molecule has 0 spiro atoms. The minimum atomic E-state index is 0.505. The second-order valence-corrected chi connectivity index (χ2v) is 3.08. The number of rotatable bonds is 0. The quantitative estimate of drug-likeness (QED) is 0.393. The van der Waals surface area contributed by atoms with Crippen molar-refractivity contribution in [1.82, 2.24) is 0 Å². The first kappa shape index (κ1) is 7.02. The highest BCUT2D eigenvalue weighted by Gasteiger charge is 2.02. The van der Waals surface area contributed by atoms with E-state index < -0.39 is 0 Å². The first-order valence-corrected chi connectivity index (χ1v) is 3.83. The molecule has 1 rings (SSSR count). The van der Waals surface area contributed by atoms with Gasteiger partial charge in [0.1, 0.15) is 0 Å². The van der Waals surface area contributed by atoms with Crippen LogP contribution in [-0.4, -0.2) is 0 Å². The average molecular weight is 253 g/mol. The van der Waals surface area contributed by atoms with Gasteiger partial charge in [-0.15, -0.1) is 0 Å². The Labute approximate surface area is 69.3 Å². The van der Waals surface area contributed by atoms with Gasteiger partial charge in [0.25, 0.3) is 4.60 Å². The molecule has 4 heteroatoms. The van der Waals surface area contributed by atoms with Crippen molar-refractivity contribution in [3.63, 3.8) is 0 Å². The van der Waals surface area contributed by atoms with Gasteiger partial charge in [0.15, 0.2) is 6.20 Å². The summed E-state index contributed by atoms with van der Waals surface area (Å²) in [7, 11) is 0. The first-order chi connectivity index (χ1) is 4.22. The molecule has 0 aliphatic carbocycles. The zero-order chi connectivity index (χ0) is 6.85. The molecule has 0 unspecified atom stereocenters. The minimum absolute atomic E-state index is 0.505. The molecule has 0 bridgehead atoms. The predicted molar refractivity (Wildman–Crippen MR) is 40.8 cm³/mol. The highest BCUT2D eigenvalue weighted by molar-refractivity contribution is 9.13. The van der Waals surface area contributed by atoms with E-state index in [9.17, 15) is 5.21 Å². The summed E-state index contributed by atoms with van der Waals surface area (Å²) in [6, 6.07) is 3.46. The summed E-state index contributed by atoms with van der Waals surface area (Å²) >= 11 is 6.26. The normalized spacial score (nSPS) is 9.56. The third-order valence-electron chi connectivity index (χ3n) is 0.855. The van der Waals surface area contributed by atoms with E-state index in [-0.39, 0.29) is 0 Å². The number of hydrogen-bond donors (Lipinski definition) is 0. The Bertz CT molecular complexity index is 206. The van der Waals surface area contributed by atoms with Crippen LogP contribution in [0.1, 0.15) is 0 Å². The van der Waals surface area contributed by atoms with E-state index in [0.29, 0.717) is 4.60 Å². The fourth-order valence-corrected chi connectivity index (χ4v) is 1.02. The van der Waals surface area contributed by atoms with Gasteiger partial charge in [-0.1, -0.05) is 0 Å². The third kappa shape index (κ3) is 1.43. The minimum Gasteiger partial charge on any atom is -0.618 e. The molecule has 0 aromatic carbocycles. The third-order valence-corrected chi connectivity index (χ3v) is 2.80. The largest absolute Gasteiger partial charge is 0.618 e. The summed E-state index contributed by atoms with van der Waals surface area (Å²) in [6.45, 7) is 0. The van der Waals surface area contributed by atoms with Gasteiger partial charge in [0.2, 0.25) is 0 Å². The molecule has 0 aliphatic heterocycles. The van der Waals surface area contributed by atoms with Crippen molar-refractivity contribution >= 4 is 31.9 Å². The smallest absolute Gasteiger partial charge is 0.273 e. The highest BCUT2D eigenvalue weighted by atomic mass is 79.9. The van der Waals surface area contributed by atoms with E-state index in [1.54, 1.807) is 12.1 Å². The van der Waals surface area contributed by atoms with Crippen molar-refractivity contribution in [2.45, 2.75) is 0 Å². The molecule has 0 saturated heterocycles. The SMILES string of the molecule is [O-][n+]1cccc(Br)c1Br. The Balaban J connectivity index is 3.25. The van der Waals surface area contributed by atoms with Crippen LogP contribution in [0.15, 0.2) is 27.4 Å². The molecule has 0 radical (unpaired) electrons. The van der Waals surface area contributed by atoms with Crippen LogP contribution in [0.5, 0.6) is 0 Å². The van der Waals surface area contributed by atoms with Gasteiger partial charge >= 0.3 is 0 Å². The number of nitrogens with zero attached hydrogens (tertiary/aromatic N) is 1. The molecule has 2 nitrogen and oxygen atoms in total. The molecule has 0 N–H and O–H groups in total. The average Bonchev–Trinajstić information content (AvgIpc) is 1.83. The van der Waals surface area contributed by atoms with Gasteiger partial charge < -0.3 is 5.21 Å². The molecule has 0 atom stereocenters. The van der Waals surface area contributed by atoms with Crippen LogP contribution in [0.2, 0.25) is 0 Å². The molecular formula is C5H3Br2NO. The standard InChI is InChI=1S/C5H3Br2NO/c6-4-2-1-3-8(9)5(4)7/h1-3H. The zero-order valence-corrected chi connectivity index (χ0v) is 7.52. The molecular weight excluding hydrogens is 250 g/mol. The lowest BCUT2D eigenvalue weighted by Gasteiger charge is -1.97. The molecule has 9 heavy (non-hydrogen) atoms. The van der Waals surface area contributed by atoms with Crippen molar-refractivity contribution in [1.29, 1.82) is 0 Å². The topological polar surface area (TPSA) is 26.9 Å². The van der Waals surface area contributed by atoms with E-state index in [0.717, 1.165) is 9.20 Å². The van der Waals surface area contributed by atoms with Crippen molar-refractivity contribution in [3.8, 4) is 0 Å². The first-order valence-electron chi connectivity index (χ1n) is 2.25. The molecule has 1 aromatic heterocycles. The molecule has 48 valence electrons. The Morgan fingerprint density at radius 1 is 1.44 bits per heavy atom. The Hall–Kier alpha value is -0.0900. The number of pyridine rings is 1. The number of hydrogen-bond acceptors (Lipinski definition) is 1. The summed E-state index contributed by atoms with van der Waals surface area (Å²) in [4.78, 5) is 0. The number of halogens is 2. The fourth-order valence-electron chi connectivity index (χ4n) is 0.445. The van der Waals surface area contributed by atoms with E-state index >= 15 is 0 Å². The molecule has 0 aliphatic rings. The maximum atomic E-state index is 10.7. The second kappa shape index (κ2) is 2.66. The summed E-state index contributed by atoms with van der Waals surface area (Å²) in [5, 5.41) is 10.7. The van der Waals surface area contributed by atoms with E-state index in [4.69, 9.17) is 0 Å². The highest BCUT2D eigenvalue weighted by Crippen LogP contribution is 2.16. The van der Waals surface area contributed by atoms with E-state index in [1.807, 2.05) is 0 Å². The summed E-state index contributed by atoms with van der Waals surface area (Å²) in [6.07, 6.45) is 1.43. The van der Waals surface area contributed by atoms with Crippen molar-refractivity contribution in [3.05, 3.63) is 32.6 Å². The van der Waals surface area contributed by atoms with Crippen LogP contribution < -0.4 is 4.73 Å². The van der Waals surface area contributed by atoms with Gasteiger partial charge in [-0.25, -0.2) is 0 Å². The van der Waals surface area contributed by atoms with Crippen LogP contribution in [0.3, 0.4) is 0 Å². The van der Waals surface area contributed by atoms with Gasteiger partial charge in [0, 0.05) is 22.0 Å². The van der Waals surface area contributed by atoms with E-state index in [2.05, 4.69) is 31.9 Å². The Kier molecular flexibility index (Phi) is 2.08. The Morgan fingerprint density at radius 2 is 2.11 bits per heavy atom. The van der Waals surface area contributed by atoms with Gasteiger partial charge in [0.05, 0.1) is 4.47 Å². The van der Waals surface area contributed by atoms with Crippen LogP contribution in [0.4, 0.5) is 0 Å². The van der Waals surface area contributed by atoms with Gasteiger partial charge in [-0.2, -0.15) is 4.73 Å². The maximum Gasteiger partial charge on any atom is 0.273 e. The summed E-state index contributed by atoms with van der Waals surface area (Å²) in [5.74, 6) is 0. The van der Waals surface area contributed by atoms with Crippen LogP contribution >= 0.6 is 31.9 Å². The van der Waals surface area contributed by atoms with Crippen molar-refractivity contribution in [2.75, 3.05) is 0 Å². The maximum absolute atomic E-state index is 10.7. The summed E-state index contributed by atoms with van der Waals surface area (Å²) < 4.78 is 2.01. The van der Waals surface area contributed by atoms with Crippen molar-refractivity contribution < 1.29 is 4.73 Å². The molecule has 1 heterocycles. The Morgan fingerprint density at radius 3 is 2.56 bits per heavy atom. The van der Waals surface area contributed by atoms with Crippen molar-refractivity contribution in [2.24, 2.45) is 0 Å². The van der Waals surface area contributed by atoms with Gasteiger partial charge in [-0.3, -0.25) is 0 Å². The summed E-state index contributed by atoms with van der Waals surface area (Å²) in [5.41, 5.74) is 0. The lowest BCUT2D eigenvalue weighted by Crippen LogP contribution is -2.26. The molecule has 0 fully saturated rings. The zero-order valence-electron chi connectivity index (χ0n) is 4.34. The lowest BCUT2D eigenvalue weighted by atomic mass is 10.5.